The molecular weight excluding hydrogens is 230 g/mol. The summed E-state index contributed by atoms with van der Waals surface area (Å²) in [4.78, 5) is 10.2. The Kier molecular flexibility index (Phi) is 2.91. The third kappa shape index (κ3) is 2.64. The molecule has 0 amide bonds. The van der Waals surface area contributed by atoms with Gasteiger partial charge in [0.2, 0.25) is 0 Å². The molecule has 0 bridgehead atoms. The molecular formula is C13H17N3S. The van der Waals surface area contributed by atoms with E-state index in [9.17, 15) is 0 Å². The third-order valence-corrected chi connectivity index (χ3v) is 3.30. The van der Waals surface area contributed by atoms with E-state index in [1.54, 1.807) is 11.3 Å². The molecule has 2 N–H and O–H groups in total. The molecule has 0 spiro atoms. The van der Waals surface area contributed by atoms with E-state index in [1.165, 1.54) is 4.88 Å². The van der Waals surface area contributed by atoms with Crippen molar-refractivity contribution >= 4 is 17.2 Å². The summed E-state index contributed by atoms with van der Waals surface area (Å²) in [6.45, 7) is 8.35. The molecule has 3 nitrogen and oxygen atoms in total. The maximum atomic E-state index is 5.85. The highest BCUT2D eigenvalue weighted by Gasteiger charge is 2.19. The minimum atomic E-state index is -0.0881. The standard InChI is InChI=1S/C13H17N3S/c1-8-5-9(7-17-8)10-6-11(14)16-12(15-10)13(2,3)4/h5-7H,1-4H3,(H2,14,15,16). The number of nitrogens with zero attached hydrogens (tertiary/aromatic N) is 2. The van der Waals surface area contributed by atoms with Crippen molar-refractivity contribution in [2.24, 2.45) is 0 Å². The van der Waals surface area contributed by atoms with E-state index in [0.717, 1.165) is 17.1 Å². The van der Waals surface area contributed by atoms with E-state index >= 15 is 0 Å². The van der Waals surface area contributed by atoms with Gasteiger partial charge in [-0.1, -0.05) is 20.8 Å². The molecule has 2 aromatic heterocycles. The van der Waals surface area contributed by atoms with Crippen molar-refractivity contribution < 1.29 is 0 Å². The van der Waals surface area contributed by atoms with E-state index < -0.39 is 0 Å². The normalized spacial score (nSPS) is 11.8. The zero-order valence-corrected chi connectivity index (χ0v) is 11.4. The number of hydrogen-bond acceptors (Lipinski definition) is 4. The maximum Gasteiger partial charge on any atom is 0.136 e. The van der Waals surface area contributed by atoms with E-state index in [-0.39, 0.29) is 5.41 Å². The first-order valence-electron chi connectivity index (χ1n) is 5.57. The smallest absolute Gasteiger partial charge is 0.136 e. The highest BCUT2D eigenvalue weighted by molar-refractivity contribution is 7.10. The van der Waals surface area contributed by atoms with Crippen LogP contribution in [0.2, 0.25) is 0 Å². The first-order chi connectivity index (χ1) is 7.86. The second-order valence-electron chi connectivity index (χ2n) is 5.20. The van der Waals surface area contributed by atoms with Gasteiger partial charge < -0.3 is 5.73 Å². The summed E-state index contributed by atoms with van der Waals surface area (Å²) < 4.78 is 0. The van der Waals surface area contributed by atoms with Crippen molar-refractivity contribution in [1.29, 1.82) is 0 Å². The van der Waals surface area contributed by atoms with Crippen LogP contribution in [0.1, 0.15) is 31.5 Å². The zero-order valence-electron chi connectivity index (χ0n) is 10.6. The minimum Gasteiger partial charge on any atom is -0.384 e. The Labute approximate surface area is 106 Å². The van der Waals surface area contributed by atoms with E-state index in [0.29, 0.717) is 5.82 Å². The quantitative estimate of drug-likeness (QED) is 0.840. The summed E-state index contributed by atoms with van der Waals surface area (Å²) in [5, 5.41) is 2.10. The van der Waals surface area contributed by atoms with Gasteiger partial charge in [0.05, 0.1) is 5.69 Å². The Morgan fingerprint density at radius 3 is 2.41 bits per heavy atom. The molecule has 0 aromatic carbocycles. The van der Waals surface area contributed by atoms with Crippen LogP contribution >= 0.6 is 11.3 Å². The van der Waals surface area contributed by atoms with Gasteiger partial charge in [0.1, 0.15) is 11.6 Å². The minimum absolute atomic E-state index is 0.0881. The van der Waals surface area contributed by atoms with Crippen LogP contribution in [0.3, 0.4) is 0 Å². The van der Waals surface area contributed by atoms with E-state index in [2.05, 4.69) is 49.1 Å². The molecule has 17 heavy (non-hydrogen) atoms. The maximum absolute atomic E-state index is 5.85. The number of nitrogens with two attached hydrogens (primary N) is 1. The van der Waals surface area contributed by atoms with Crippen molar-refractivity contribution in [2.75, 3.05) is 5.73 Å². The highest BCUT2D eigenvalue weighted by Crippen LogP contribution is 2.27. The number of anilines is 1. The molecule has 2 rings (SSSR count). The van der Waals surface area contributed by atoms with Crippen LogP contribution in [0.15, 0.2) is 17.5 Å². The van der Waals surface area contributed by atoms with Crippen LogP contribution in [0.25, 0.3) is 11.3 Å². The van der Waals surface area contributed by atoms with Crippen molar-refractivity contribution in [3.8, 4) is 11.3 Å². The summed E-state index contributed by atoms with van der Waals surface area (Å²) >= 11 is 1.72. The SMILES string of the molecule is Cc1cc(-c2cc(N)nc(C(C)(C)C)n2)cs1. The zero-order chi connectivity index (χ0) is 12.6. The van der Waals surface area contributed by atoms with Crippen LogP contribution in [0.4, 0.5) is 5.82 Å². The van der Waals surface area contributed by atoms with Gasteiger partial charge >= 0.3 is 0 Å². The average Bonchev–Trinajstić information content (AvgIpc) is 2.62. The van der Waals surface area contributed by atoms with Crippen molar-refractivity contribution in [3.05, 3.63) is 28.2 Å². The van der Waals surface area contributed by atoms with Gasteiger partial charge in [0, 0.05) is 27.3 Å². The average molecular weight is 247 g/mol. The van der Waals surface area contributed by atoms with Gasteiger partial charge in [-0.15, -0.1) is 11.3 Å². The Hall–Kier alpha value is -1.42. The molecule has 90 valence electrons. The van der Waals surface area contributed by atoms with Gasteiger partial charge in [0.25, 0.3) is 0 Å². The summed E-state index contributed by atoms with van der Waals surface area (Å²) in [5.74, 6) is 1.32. The van der Waals surface area contributed by atoms with Crippen LogP contribution < -0.4 is 5.73 Å². The lowest BCUT2D eigenvalue weighted by Gasteiger charge is -2.17. The van der Waals surface area contributed by atoms with Gasteiger partial charge in [-0.2, -0.15) is 0 Å². The van der Waals surface area contributed by atoms with Gasteiger partial charge in [-0.05, 0) is 13.0 Å². The number of aromatic nitrogens is 2. The molecule has 0 fully saturated rings. The fourth-order valence-electron chi connectivity index (χ4n) is 1.53. The lowest BCUT2D eigenvalue weighted by Crippen LogP contribution is -2.17. The molecule has 0 atom stereocenters. The summed E-state index contributed by atoms with van der Waals surface area (Å²) in [5.41, 5.74) is 7.79. The van der Waals surface area contributed by atoms with Crippen molar-refractivity contribution in [1.82, 2.24) is 9.97 Å². The van der Waals surface area contributed by atoms with Crippen molar-refractivity contribution in [2.45, 2.75) is 33.1 Å². The van der Waals surface area contributed by atoms with Crippen LogP contribution in [-0.4, -0.2) is 9.97 Å². The fourth-order valence-corrected chi connectivity index (χ4v) is 2.22. The topological polar surface area (TPSA) is 51.8 Å². The number of rotatable bonds is 1. The second-order valence-corrected chi connectivity index (χ2v) is 6.31. The molecule has 4 heteroatoms. The van der Waals surface area contributed by atoms with Gasteiger partial charge in [-0.25, -0.2) is 9.97 Å². The Bertz CT molecular complexity index is 538. The van der Waals surface area contributed by atoms with E-state index in [4.69, 9.17) is 5.73 Å². The predicted molar refractivity (Wildman–Crippen MR) is 73.2 cm³/mol. The van der Waals surface area contributed by atoms with Gasteiger partial charge in [0.15, 0.2) is 0 Å². The molecule has 2 aromatic rings. The molecule has 2 heterocycles. The highest BCUT2D eigenvalue weighted by atomic mass is 32.1. The Balaban J connectivity index is 2.52. The predicted octanol–water partition coefficient (Wildman–Crippen LogP) is 3.39. The number of aryl methyl sites for hydroxylation is 1. The van der Waals surface area contributed by atoms with Crippen molar-refractivity contribution in [3.63, 3.8) is 0 Å². The number of thiophene rings is 1. The molecule has 0 saturated carbocycles. The molecule has 0 unspecified atom stereocenters. The molecule has 0 aliphatic heterocycles. The number of hydrogen-bond donors (Lipinski definition) is 1. The fraction of sp³-hybridized carbons (Fsp3) is 0.385. The van der Waals surface area contributed by atoms with E-state index in [1.807, 2.05) is 6.07 Å². The lowest BCUT2D eigenvalue weighted by atomic mass is 9.95. The first-order valence-corrected chi connectivity index (χ1v) is 6.45. The third-order valence-electron chi connectivity index (χ3n) is 2.44. The van der Waals surface area contributed by atoms with Crippen LogP contribution in [0, 0.1) is 6.92 Å². The molecule has 0 aliphatic carbocycles. The number of nitrogen functional groups attached to an aromatic ring is 1. The summed E-state index contributed by atoms with van der Waals surface area (Å²) in [6, 6.07) is 3.95. The Morgan fingerprint density at radius 1 is 1.18 bits per heavy atom. The van der Waals surface area contributed by atoms with Crippen LogP contribution in [-0.2, 0) is 5.41 Å². The first kappa shape index (κ1) is 12.0. The van der Waals surface area contributed by atoms with Gasteiger partial charge in [-0.3, -0.25) is 0 Å². The van der Waals surface area contributed by atoms with Crippen LogP contribution in [0.5, 0.6) is 0 Å². The monoisotopic (exact) mass is 247 g/mol. The molecule has 0 saturated heterocycles. The lowest BCUT2D eigenvalue weighted by molar-refractivity contribution is 0.547. The molecule has 0 aliphatic rings. The molecule has 0 radical (unpaired) electrons. The largest absolute Gasteiger partial charge is 0.384 e. The summed E-state index contributed by atoms with van der Waals surface area (Å²) in [6.07, 6.45) is 0. The Morgan fingerprint density at radius 2 is 1.88 bits per heavy atom. The second kappa shape index (κ2) is 4.11. The summed E-state index contributed by atoms with van der Waals surface area (Å²) in [7, 11) is 0.